The highest BCUT2D eigenvalue weighted by molar-refractivity contribution is 5.77. The quantitative estimate of drug-likeness (QED) is 0.913. The Hall–Kier alpha value is -2.34. The molecule has 1 N–H and O–H groups in total. The highest BCUT2D eigenvalue weighted by atomic mass is 16.5. The van der Waals surface area contributed by atoms with Gasteiger partial charge in [0.15, 0.2) is 0 Å². The molecule has 0 radical (unpaired) electrons. The first-order valence-corrected chi connectivity index (χ1v) is 9.13. The Balaban J connectivity index is 1.44. The molecule has 0 aliphatic carbocycles. The molecule has 2 aliphatic rings. The maximum Gasteiger partial charge on any atom is 0.330 e. The number of aromatic nitrogens is 2. The standard InChI is InChI=1S/C20H25N3O3/c1-19(2)12-16-11-15(3-4-17(16)26-19)13-22-8-5-20(6-9-22,18(24)25)23-10-7-21-14-23/h3-4,7,10-11,14H,5-6,8-9,12-13H2,1-2H3,(H,24,25). The lowest BCUT2D eigenvalue weighted by molar-refractivity contribution is -0.150. The Morgan fingerprint density at radius 2 is 2.08 bits per heavy atom. The van der Waals surface area contributed by atoms with Crippen LogP contribution in [0.1, 0.15) is 37.8 Å². The van der Waals surface area contributed by atoms with Crippen LogP contribution < -0.4 is 4.74 Å². The maximum atomic E-state index is 11.9. The van der Waals surface area contributed by atoms with Gasteiger partial charge >= 0.3 is 5.97 Å². The lowest BCUT2D eigenvalue weighted by atomic mass is 9.87. The number of hydrogen-bond donors (Lipinski definition) is 1. The van der Waals surface area contributed by atoms with Crippen molar-refractivity contribution in [3.63, 3.8) is 0 Å². The molecule has 0 spiro atoms. The van der Waals surface area contributed by atoms with E-state index >= 15 is 0 Å². The molecule has 0 atom stereocenters. The summed E-state index contributed by atoms with van der Waals surface area (Å²) in [4.78, 5) is 18.3. The van der Waals surface area contributed by atoms with Gasteiger partial charge < -0.3 is 14.4 Å². The summed E-state index contributed by atoms with van der Waals surface area (Å²) in [5.74, 6) is 0.217. The number of aliphatic carboxylic acids is 1. The first-order chi connectivity index (χ1) is 12.4. The second-order valence-corrected chi connectivity index (χ2v) is 8.06. The second-order valence-electron chi connectivity index (χ2n) is 8.06. The molecule has 1 fully saturated rings. The van der Waals surface area contributed by atoms with Crippen molar-refractivity contribution in [1.29, 1.82) is 0 Å². The zero-order chi connectivity index (χ0) is 18.4. The summed E-state index contributed by atoms with van der Waals surface area (Å²) >= 11 is 0. The minimum atomic E-state index is -0.872. The number of carbonyl (C=O) groups is 1. The van der Waals surface area contributed by atoms with E-state index in [1.807, 2.05) is 0 Å². The number of rotatable bonds is 4. The van der Waals surface area contributed by atoms with Crippen molar-refractivity contribution in [3.8, 4) is 5.75 Å². The molecular weight excluding hydrogens is 330 g/mol. The smallest absolute Gasteiger partial charge is 0.330 e. The summed E-state index contributed by atoms with van der Waals surface area (Å²) in [5, 5.41) is 9.81. The van der Waals surface area contributed by atoms with E-state index in [1.165, 1.54) is 11.1 Å². The van der Waals surface area contributed by atoms with Crippen LogP contribution in [0, 0.1) is 0 Å². The van der Waals surface area contributed by atoms with Crippen molar-refractivity contribution >= 4 is 5.97 Å². The molecule has 1 aromatic carbocycles. The molecule has 26 heavy (non-hydrogen) atoms. The van der Waals surface area contributed by atoms with Crippen LogP contribution in [0.5, 0.6) is 5.75 Å². The summed E-state index contributed by atoms with van der Waals surface area (Å²) in [7, 11) is 0. The van der Waals surface area contributed by atoms with Crippen LogP contribution in [0.25, 0.3) is 0 Å². The van der Waals surface area contributed by atoms with Gasteiger partial charge in [0.1, 0.15) is 16.9 Å². The van der Waals surface area contributed by atoms with Crippen molar-refractivity contribution in [2.45, 2.75) is 50.8 Å². The van der Waals surface area contributed by atoms with Crippen molar-refractivity contribution in [3.05, 3.63) is 48.0 Å². The van der Waals surface area contributed by atoms with Gasteiger partial charge in [-0.3, -0.25) is 4.90 Å². The fourth-order valence-electron chi connectivity index (χ4n) is 4.20. The van der Waals surface area contributed by atoms with E-state index in [9.17, 15) is 9.90 Å². The van der Waals surface area contributed by atoms with E-state index in [-0.39, 0.29) is 5.60 Å². The summed E-state index contributed by atoms with van der Waals surface area (Å²) in [5.41, 5.74) is 1.53. The summed E-state index contributed by atoms with van der Waals surface area (Å²) in [6, 6.07) is 6.42. The van der Waals surface area contributed by atoms with E-state index in [2.05, 4.69) is 41.9 Å². The lowest BCUT2D eigenvalue weighted by Crippen LogP contribution is -2.50. The molecule has 2 aliphatic heterocycles. The largest absolute Gasteiger partial charge is 0.487 e. The first kappa shape index (κ1) is 17.1. The fraction of sp³-hybridized carbons (Fsp3) is 0.500. The Morgan fingerprint density at radius 3 is 2.73 bits per heavy atom. The van der Waals surface area contributed by atoms with Crippen LogP contribution in [-0.4, -0.2) is 44.2 Å². The van der Waals surface area contributed by atoms with Gasteiger partial charge in [-0.1, -0.05) is 12.1 Å². The van der Waals surface area contributed by atoms with Crippen molar-refractivity contribution < 1.29 is 14.6 Å². The van der Waals surface area contributed by atoms with Crippen LogP contribution in [0.3, 0.4) is 0 Å². The number of ether oxygens (including phenoxy) is 1. The minimum absolute atomic E-state index is 0.127. The monoisotopic (exact) mass is 355 g/mol. The molecule has 1 aromatic heterocycles. The summed E-state index contributed by atoms with van der Waals surface area (Å²) < 4.78 is 7.70. The third-order valence-electron chi connectivity index (χ3n) is 5.61. The predicted molar refractivity (Wildman–Crippen MR) is 97.2 cm³/mol. The number of carboxylic acids is 1. The van der Waals surface area contributed by atoms with Crippen LogP contribution in [0.15, 0.2) is 36.9 Å². The number of nitrogens with zero attached hydrogens (tertiary/aromatic N) is 3. The molecule has 1 saturated heterocycles. The number of fused-ring (bicyclic) bond motifs is 1. The third kappa shape index (κ3) is 2.98. The Kier molecular flexibility index (Phi) is 4.03. The van der Waals surface area contributed by atoms with E-state index in [4.69, 9.17) is 4.74 Å². The van der Waals surface area contributed by atoms with E-state index in [0.29, 0.717) is 12.8 Å². The molecule has 0 unspecified atom stereocenters. The third-order valence-corrected chi connectivity index (χ3v) is 5.61. The number of piperidine rings is 1. The van der Waals surface area contributed by atoms with E-state index in [0.717, 1.165) is 31.8 Å². The van der Waals surface area contributed by atoms with Crippen molar-refractivity contribution in [2.75, 3.05) is 13.1 Å². The van der Waals surface area contributed by atoms with Gasteiger partial charge in [0.2, 0.25) is 0 Å². The van der Waals surface area contributed by atoms with Gasteiger partial charge in [0, 0.05) is 38.4 Å². The molecule has 4 rings (SSSR count). The van der Waals surface area contributed by atoms with Crippen LogP contribution >= 0.6 is 0 Å². The van der Waals surface area contributed by atoms with Crippen molar-refractivity contribution in [2.24, 2.45) is 0 Å². The predicted octanol–water partition coefficient (Wildman–Crippen LogP) is 2.67. The molecular formula is C20H25N3O3. The molecule has 138 valence electrons. The molecule has 0 bridgehead atoms. The molecule has 6 heteroatoms. The zero-order valence-electron chi connectivity index (χ0n) is 15.3. The van der Waals surface area contributed by atoms with E-state index in [1.54, 1.807) is 23.3 Å². The van der Waals surface area contributed by atoms with Crippen LogP contribution in [-0.2, 0) is 23.3 Å². The molecule has 0 amide bonds. The molecule has 2 aromatic rings. The first-order valence-electron chi connectivity index (χ1n) is 9.13. The van der Waals surface area contributed by atoms with Gasteiger partial charge in [-0.25, -0.2) is 9.78 Å². The SMILES string of the molecule is CC1(C)Cc2cc(CN3CCC(C(=O)O)(n4ccnc4)CC3)ccc2O1. The summed E-state index contributed by atoms with van der Waals surface area (Å²) in [6.07, 6.45) is 7.11. The highest BCUT2D eigenvalue weighted by Crippen LogP contribution is 2.36. The van der Waals surface area contributed by atoms with E-state index < -0.39 is 11.5 Å². The van der Waals surface area contributed by atoms with Crippen LogP contribution in [0.2, 0.25) is 0 Å². The van der Waals surface area contributed by atoms with Gasteiger partial charge in [0.05, 0.1) is 6.33 Å². The van der Waals surface area contributed by atoms with Crippen LogP contribution in [0.4, 0.5) is 0 Å². The topological polar surface area (TPSA) is 67.6 Å². The maximum absolute atomic E-state index is 11.9. The molecule has 3 heterocycles. The van der Waals surface area contributed by atoms with Gasteiger partial charge in [-0.15, -0.1) is 0 Å². The number of carboxylic acid groups (broad SMARTS) is 1. The number of benzene rings is 1. The number of likely N-dealkylation sites (tertiary alicyclic amines) is 1. The minimum Gasteiger partial charge on any atom is -0.487 e. The zero-order valence-corrected chi connectivity index (χ0v) is 15.3. The average Bonchev–Trinajstić information content (AvgIpc) is 3.21. The van der Waals surface area contributed by atoms with Gasteiger partial charge in [-0.05, 0) is 43.9 Å². The fourth-order valence-corrected chi connectivity index (χ4v) is 4.20. The highest BCUT2D eigenvalue weighted by Gasteiger charge is 2.43. The molecule has 6 nitrogen and oxygen atoms in total. The van der Waals surface area contributed by atoms with Gasteiger partial charge in [0.25, 0.3) is 0 Å². The Bertz CT molecular complexity index is 806. The van der Waals surface area contributed by atoms with Gasteiger partial charge in [-0.2, -0.15) is 0 Å². The Morgan fingerprint density at radius 1 is 1.31 bits per heavy atom. The number of hydrogen-bond acceptors (Lipinski definition) is 4. The molecule has 0 saturated carbocycles. The van der Waals surface area contributed by atoms with Crippen molar-refractivity contribution in [1.82, 2.24) is 14.5 Å². The lowest BCUT2D eigenvalue weighted by Gasteiger charge is -2.39. The number of imidazole rings is 1. The summed E-state index contributed by atoms with van der Waals surface area (Å²) in [6.45, 7) is 6.57. The Labute approximate surface area is 153 Å². The normalized spacial score (nSPS) is 21.2. The average molecular weight is 355 g/mol. The second kappa shape index (κ2) is 6.13.